The van der Waals surface area contributed by atoms with E-state index in [0.717, 1.165) is 5.01 Å². The summed E-state index contributed by atoms with van der Waals surface area (Å²) in [7, 11) is 1.72. The Labute approximate surface area is 135 Å². The number of nitrogens with zero attached hydrogens (tertiary/aromatic N) is 6. The van der Waals surface area contributed by atoms with Gasteiger partial charge in [-0.3, -0.25) is 10.1 Å². The molecule has 0 atom stereocenters. The van der Waals surface area contributed by atoms with Crippen LogP contribution >= 0.6 is 11.3 Å². The van der Waals surface area contributed by atoms with Crippen LogP contribution in [0.4, 0.5) is 5.13 Å². The standard InChI is InChI=1S/C13H13N7O2S/c1-8-15-17-13(23-8)14-12(21)9-5-3-4-6-10(9)22-7-11-16-18-19-20(11)2/h3-6H,7H2,1-2H3,(H,14,17,21). The number of ether oxygens (including phenoxy) is 1. The number of tetrazole rings is 1. The number of hydrogen-bond acceptors (Lipinski definition) is 8. The molecule has 0 aliphatic carbocycles. The summed E-state index contributed by atoms with van der Waals surface area (Å²) in [6.45, 7) is 1.98. The summed E-state index contributed by atoms with van der Waals surface area (Å²) in [4.78, 5) is 12.4. The fourth-order valence-corrected chi connectivity index (χ4v) is 2.39. The lowest BCUT2D eigenvalue weighted by molar-refractivity contribution is 0.102. The Hall–Kier alpha value is -2.88. The molecule has 118 valence electrons. The highest BCUT2D eigenvalue weighted by Crippen LogP contribution is 2.21. The average Bonchev–Trinajstić information content (AvgIpc) is 3.14. The lowest BCUT2D eigenvalue weighted by Gasteiger charge is -2.10. The molecule has 0 aliphatic heterocycles. The zero-order valence-electron chi connectivity index (χ0n) is 12.4. The Kier molecular flexibility index (Phi) is 4.24. The number of aromatic nitrogens is 6. The summed E-state index contributed by atoms with van der Waals surface area (Å²) in [5, 5.41) is 22.8. The molecule has 2 aromatic heterocycles. The number of rotatable bonds is 5. The second-order valence-corrected chi connectivity index (χ2v) is 5.77. The largest absolute Gasteiger partial charge is 0.485 e. The number of benzene rings is 1. The molecular weight excluding hydrogens is 318 g/mol. The number of aryl methyl sites for hydroxylation is 2. The number of amides is 1. The van der Waals surface area contributed by atoms with Crippen LogP contribution in [0.5, 0.6) is 5.75 Å². The van der Waals surface area contributed by atoms with Crippen molar-refractivity contribution in [1.82, 2.24) is 30.4 Å². The predicted molar refractivity (Wildman–Crippen MR) is 82.2 cm³/mol. The van der Waals surface area contributed by atoms with Crippen molar-refractivity contribution in [3.63, 3.8) is 0 Å². The molecule has 23 heavy (non-hydrogen) atoms. The van der Waals surface area contributed by atoms with Crippen LogP contribution in [-0.2, 0) is 13.7 Å². The molecule has 0 aliphatic rings. The van der Waals surface area contributed by atoms with Crippen LogP contribution in [0.1, 0.15) is 21.2 Å². The third kappa shape index (κ3) is 3.48. The Morgan fingerprint density at radius 3 is 2.83 bits per heavy atom. The van der Waals surface area contributed by atoms with Crippen molar-refractivity contribution in [2.24, 2.45) is 7.05 Å². The molecule has 3 rings (SSSR count). The molecule has 1 aromatic carbocycles. The molecule has 9 nitrogen and oxygen atoms in total. The monoisotopic (exact) mass is 331 g/mol. The van der Waals surface area contributed by atoms with Gasteiger partial charge < -0.3 is 4.74 Å². The van der Waals surface area contributed by atoms with Gasteiger partial charge >= 0.3 is 0 Å². The number of carbonyl (C=O) groups excluding carboxylic acids is 1. The van der Waals surface area contributed by atoms with Gasteiger partial charge in [-0.2, -0.15) is 0 Å². The lowest BCUT2D eigenvalue weighted by Crippen LogP contribution is -2.14. The van der Waals surface area contributed by atoms with Crippen LogP contribution in [-0.4, -0.2) is 36.3 Å². The Bertz CT molecular complexity index is 829. The first-order chi connectivity index (χ1) is 11.1. The molecular formula is C13H13N7O2S. The number of para-hydroxylation sites is 1. The third-order valence-electron chi connectivity index (χ3n) is 2.94. The van der Waals surface area contributed by atoms with E-state index in [-0.39, 0.29) is 12.5 Å². The minimum atomic E-state index is -0.312. The summed E-state index contributed by atoms with van der Waals surface area (Å²) in [5.74, 6) is 0.682. The minimum Gasteiger partial charge on any atom is -0.485 e. The van der Waals surface area contributed by atoms with E-state index in [2.05, 4.69) is 31.0 Å². The maximum Gasteiger partial charge on any atom is 0.261 e. The summed E-state index contributed by atoms with van der Waals surface area (Å²) in [6, 6.07) is 6.94. The highest BCUT2D eigenvalue weighted by Gasteiger charge is 2.15. The van der Waals surface area contributed by atoms with Gasteiger partial charge in [0.1, 0.15) is 17.4 Å². The van der Waals surface area contributed by atoms with Crippen molar-refractivity contribution in [2.75, 3.05) is 5.32 Å². The zero-order chi connectivity index (χ0) is 16.2. The first-order valence-electron chi connectivity index (χ1n) is 6.68. The van der Waals surface area contributed by atoms with Gasteiger partial charge in [-0.05, 0) is 29.5 Å². The Balaban J connectivity index is 1.74. The molecule has 0 spiro atoms. The minimum absolute atomic E-state index is 0.158. The summed E-state index contributed by atoms with van der Waals surface area (Å²) in [5.41, 5.74) is 0.399. The van der Waals surface area contributed by atoms with Gasteiger partial charge in [-0.25, -0.2) is 4.68 Å². The van der Waals surface area contributed by atoms with Crippen LogP contribution in [0, 0.1) is 6.92 Å². The normalized spacial score (nSPS) is 10.5. The van der Waals surface area contributed by atoms with E-state index in [9.17, 15) is 4.79 Å². The van der Waals surface area contributed by atoms with Crippen molar-refractivity contribution in [2.45, 2.75) is 13.5 Å². The van der Waals surface area contributed by atoms with Gasteiger partial charge in [0.2, 0.25) is 5.13 Å². The van der Waals surface area contributed by atoms with Gasteiger partial charge in [0.15, 0.2) is 5.82 Å². The van der Waals surface area contributed by atoms with E-state index in [0.29, 0.717) is 22.3 Å². The Morgan fingerprint density at radius 2 is 2.13 bits per heavy atom. The maximum atomic E-state index is 12.4. The first-order valence-corrected chi connectivity index (χ1v) is 7.49. The molecule has 1 N–H and O–H groups in total. The summed E-state index contributed by atoms with van der Waals surface area (Å²) >= 11 is 1.31. The molecule has 2 heterocycles. The van der Waals surface area contributed by atoms with Gasteiger partial charge in [0, 0.05) is 7.05 Å². The van der Waals surface area contributed by atoms with E-state index in [4.69, 9.17) is 4.74 Å². The third-order valence-corrected chi connectivity index (χ3v) is 3.70. The average molecular weight is 331 g/mol. The first kappa shape index (κ1) is 15.0. The molecule has 0 saturated heterocycles. The van der Waals surface area contributed by atoms with Crippen LogP contribution in [0.3, 0.4) is 0 Å². The molecule has 10 heteroatoms. The zero-order valence-corrected chi connectivity index (χ0v) is 13.2. The van der Waals surface area contributed by atoms with E-state index in [1.54, 1.807) is 31.3 Å². The van der Waals surface area contributed by atoms with E-state index in [1.807, 2.05) is 6.92 Å². The van der Waals surface area contributed by atoms with Crippen LogP contribution < -0.4 is 10.1 Å². The Morgan fingerprint density at radius 1 is 1.30 bits per heavy atom. The molecule has 1 amide bonds. The van der Waals surface area contributed by atoms with Crippen molar-refractivity contribution >= 4 is 22.4 Å². The molecule has 3 aromatic rings. The SMILES string of the molecule is Cc1nnc(NC(=O)c2ccccc2OCc2nnnn2C)s1. The number of hydrogen-bond donors (Lipinski definition) is 1. The second kappa shape index (κ2) is 6.48. The predicted octanol–water partition coefficient (Wildman–Crippen LogP) is 1.20. The summed E-state index contributed by atoms with van der Waals surface area (Å²) in [6.07, 6.45) is 0. The quantitative estimate of drug-likeness (QED) is 0.748. The molecule has 0 bridgehead atoms. The molecule has 0 radical (unpaired) electrons. The van der Waals surface area contributed by atoms with Crippen LogP contribution in [0.2, 0.25) is 0 Å². The van der Waals surface area contributed by atoms with Gasteiger partial charge in [0.25, 0.3) is 5.91 Å². The van der Waals surface area contributed by atoms with Gasteiger partial charge in [0.05, 0.1) is 5.56 Å². The maximum absolute atomic E-state index is 12.4. The van der Waals surface area contributed by atoms with E-state index >= 15 is 0 Å². The topological polar surface area (TPSA) is 108 Å². The number of carbonyl (C=O) groups is 1. The van der Waals surface area contributed by atoms with Gasteiger partial charge in [-0.1, -0.05) is 23.5 Å². The van der Waals surface area contributed by atoms with Crippen LogP contribution in [0.25, 0.3) is 0 Å². The van der Waals surface area contributed by atoms with Crippen molar-refractivity contribution in [3.05, 3.63) is 40.7 Å². The highest BCUT2D eigenvalue weighted by atomic mass is 32.1. The molecule has 0 saturated carbocycles. The van der Waals surface area contributed by atoms with Crippen molar-refractivity contribution in [3.8, 4) is 5.75 Å². The summed E-state index contributed by atoms with van der Waals surface area (Å²) < 4.78 is 7.18. The van der Waals surface area contributed by atoms with E-state index in [1.165, 1.54) is 16.0 Å². The fourth-order valence-electron chi connectivity index (χ4n) is 1.80. The molecule has 0 fully saturated rings. The number of anilines is 1. The van der Waals surface area contributed by atoms with E-state index < -0.39 is 0 Å². The lowest BCUT2D eigenvalue weighted by atomic mass is 10.2. The van der Waals surface area contributed by atoms with Gasteiger partial charge in [-0.15, -0.1) is 15.3 Å². The highest BCUT2D eigenvalue weighted by molar-refractivity contribution is 7.15. The fraction of sp³-hybridized carbons (Fsp3) is 0.231. The van der Waals surface area contributed by atoms with Crippen LogP contribution in [0.15, 0.2) is 24.3 Å². The van der Waals surface area contributed by atoms with Crippen molar-refractivity contribution in [1.29, 1.82) is 0 Å². The smallest absolute Gasteiger partial charge is 0.261 e. The second-order valence-electron chi connectivity index (χ2n) is 4.58. The number of nitrogens with one attached hydrogen (secondary N) is 1. The van der Waals surface area contributed by atoms with Crippen molar-refractivity contribution < 1.29 is 9.53 Å². The molecule has 0 unspecified atom stereocenters.